The van der Waals surface area contributed by atoms with Crippen molar-refractivity contribution in [1.29, 1.82) is 0 Å². The van der Waals surface area contributed by atoms with Crippen LogP contribution in [-0.4, -0.2) is 39.4 Å². The molecule has 4 rings (SSSR count). The lowest BCUT2D eigenvalue weighted by Crippen LogP contribution is -2.19. The number of thioether (sulfide) groups is 1. The van der Waals surface area contributed by atoms with Gasteiger partial charge in [0.15, 0.2) is 11.0 Å². The topological polar surface area (TPSA) is 81.9 Å². The lowest BCUT2D eigenvalue weighted by Gasteiger charge is -2.17. The minimum absolute atomic E-state index is 0.126. The molecule has 1 unspecified atom stereocenters. The van der Waals surface area contributed by atoms with Crippen LogP contribution in [-0.2, 0) is 16.1 Å². The van der Waals surface area contributed by atoms with Gasteiger partial charge in [-0.05, 0) is 29.8 Å². The Morgan fingerprint density at radius 1 is 1.00 bits per heavy atom. The molecule has 2 aromatic carbocycles. The fourth-order valence-electron chi connectivity index (χ4n) is 3.21. The molecule has 7 nitrogen and oxygen atoms in total. The van der Waals surface area contributed by atoms with Gasteiger partial charge in [-0.2, -0.15) is 0 Å². The Morgan fingerprint density at radius 2 is 1.69 bits per heavy atom. The number of amides is 1. The highest BCUT2D eigenvalue weighted by Gasteiger charge is 2.26. The molecule has 0 radical (unpaired) electrons. The molecule has 32 heavy (non-hydrogen) atoms. The van der Waals surface area contributed by atoms with Gasteiger partial charge in [-0.1, -0.05) is 60.3 Å². The van der Waals surface area contributed by atoms with Crippen LogP contribution in [0.25, 0.3) is 11.4 Å². The molecule has 1 N–H and O–H groups in total. The van der Waals surface area contributed by atoms with Gasteiger partial charge in [-0.3, -0.25) is 14.3 Å². The maximum atomic E-state index is 13.3. The highest BCUT2D eigenvalue weighted by atomic mass is 32.2. The van der Waals surface area contributed by atoms with Gasteiger partial charge in [-0.15, -0.1) is 10.2 Å². The molecule has 0 bridgehead atoms. The first kappa shape index (κ1) is 21.7. The standard InChI is InChI=1S/C24H23N5O2S/c1-31-17-16-29-22(19-12-14-25-15-13-19)27-28-24(29)32-21(18-8-4-2-5-9-18)23(30)26-20-10-6-3-7-11-20/h2-15,21H,16-17H2,1H3,(H,26,30). The van der Waals surface area contributed by atoms with Crippen molar-refractivity contribution in [2.45, 2.75) is 17.0 Å². The molecule has 0 saturated carbocycles. The fourth-order valence-corrected chi connectivity index (χ4v) is 4.27. The molecule has 0 aliphatic carbocycles. The highest BCUT2D eigenvalue weighted by molar-refractivity contribution is 8.00. The van der Waals surface area contributed by atoms with Gasteiger partial charge in [0.2, 0.25) is 5.91 Å². The van der Waals surface area contributed by atoms with Gasteiger partial charge in [-0.25, -0.2) is 0 Å². The van der Waals surface area contributed by atoms with Crippen molar-refractivity contribution in [2.24, 2.45) is 0 Å². The number of carbonyl (C=O) groups is 1. The molecule has 1 amide bonds. The monoisotopic (exact) mass is 445 g/mol. The minimum Gasteiger partial charge on any atom is -0.383 e. The molecule has 2 heterocycles. The maximum Gasteiger partial charge on any atom is 0.242 e. The number of carbonyl (C=O) groups excluding carboxylic acids is 1. The van der Waals surface area contributed by atoms with Crippen LogP contribution < -0.4 is 5.32 Å². The van der Waals surface area contributed by atoms with E-state index in [2.05, 4.69) is 20.5 Å². The molecule has 0 saturated heterocycles. The summed E-state index contributed by atoms with van der Waals surface area (Å²) in [6.45, 7) is 1.06. The Hall–Kier alpha value is -3.49. The number of benzene rings is 2. The van der Waals surface area contributed by atoms with Crippen molar-refractivity contribution >= 4 is 23.4 Å². The highest BCUT2D eigenvalue weighted by Crippen LogP contribution is 2.36. The first-order valence-electron chi connectivity index (χ1n) is 10.2. The van der Waals surface area contributed by atoms with E-state index in [-0.39, 0.29) is 5.91 Å². The molecule has 0 aliphatic rings. The summed E-state index contributed by atoms with van der Waals surface area (Å²) in [7, 11) is 1.66. The van der Waals surface area contributed by atoms with Crippen molar-refractivity contribution in [3.8, 4) is 11.4 Å². The van der Waals surface area contributed by atoms with Crippen LogP contribution >= 0.6 is 11.8 Å². The van der Waals surface area contributed by atoms with Crippen LogP contribution in [0.1, 0.15) is 10.8 Å². The predicted molar refractivity (Wildman–Crippen MR) is 125 cm³/mol. The second-order valence-corrected chi connectivity index (χ2v) is 8.02. The van der Waals surface area contributed by atoms with E-state index >= 15 is 0 Å². The summed E-state index contributed by atoms with van der Waals surface area (Å²) >= 11 is 1.37. The number of para-hydroxylation sites is 1. The average molecular weight is 446 g/mol. The van der Waals surface area contributed by atoms with Crippen LogP contribution in [0.5, 0.6) is 0 Å². The number of nitrogens with one attached hydrogen (secondary N) is 1. The molecule has 0 fully saturated rings. The van der Waals surface area contributed by atoms with Gasteiger partial charge >= 0.3 is 0 Å². The maximum absolute atomic E-state index is 13.3. The van der Waals surface area contributed by atoms with E-state index in [0.29, 0.717) is 24.1 Å². The van der Waals surface area contributed by atoms with E-state index in [1.54, 1.807) is 19.5 Å². The second kappa shape index (κ2) is 10.7. The lowest BCUT2D eigenvalue weighted by molar-refractivity contribution is -0.115. The van der Waals surface area contributed by atoms with E-state index in [1.807, 2.05) is 77.4 Å². The zero-order valence-corrected chi connectivity index (χ0v) is 18.4. The number of nitrogens with zero attached hydrogens (tertiary/aromatic N) is 4. The molecule has 4 aromatic rings. The summed E-state index contributed by atoms with van der Waals surface area (Å²) in [5, 5.41) is 12.0. The van der Waals surface area contributed by atoms with Crippen LogP contribution in [0.4, 0.5) is 5.69 Å². The van der Waals surface area contributed by atoms with E-state index in [0.717, 1.165) is 16.8 Å². The Bertz CT molecular complexity index is 1140. The molecular formula is C24H23N5O2S. The minimum atomic E-state index is -0.507. The number of hydrogen-bond donors (Lipinski definition) is 1. The Balaban J connectivity index is 1.67. The third kappa shape index (κ3) is 5.22. The Kier molecular flexibility index (Phi) is 7.27. The summed E-state index contributed by atoms with van der Waals surface area (Å²) in [4.78, 5) is 17.4. The van der Waals surface area contributed by atoms with Crippen molar-refractivity contribution in [2.75, 3.05) is 19.0 Å². The Labute approximate surface area is 190 Å². The zero-order chi connectivity index (χ0) is 22.2. The SMILES string of the molecule is COCCn1c(SC(C(=O)Nc2ccccc2)c2ccccc2)nnc1-c1ccncc1. The first-order valence-corrected chi connectivity index (χ1v) is 11.0. The van der Waals surface area contributed by atoms with E-state index < -0.39 is 5.25 Å². The molecule has 162 valence electrons. The smallest absolute Gasteiger partial charge is 0.242 e. The van der Waals surface area contributed by atoms with E-state index in [1.165, 1.54) is 11.8 Å². The van der Waals surface area contributed by atoms with Crippen LogP contribution in [0.2, 0.25) is 0 Å². The average Bonchev–Trinajstić information content (AvgIpc) is 3.25. The van der Waals surface area contributed by atoms with Gasteiger partial charge in [0, 0.05) is 30.8 Å². The number of aromatic nitrogens is 4. The van der Waals surface area contributed by atoms with Crippen molar-refractivity contribution in [3.05, 3.63) is 90.8 Å². The lowest BCUT2D eigenvalue weighted by atomic mass is 10.1. The summed E-state index contributed by atoms with van der Waals surface area (Å²) in [6.07, 6.45) is 3.44. The zero-order valence-electron chi connectivity index (χ0n) is 17.6. The number of rotatable bonds is 9. The molecular weight excluding hydrogens is 422 g/mol. The number of methoxy groups -OCH3 is 1. The van der Waals surface area contributed by atoms with Crippen molar-refractivity contribution < 1.29 is 9.53 Å². The molecule has 0 aliphatic heterocycles. The molecule has 2 aromatic heterocycles. The van der Waals surface area contributed by atoms with E-state index in [9.17, 15) is 4.79 Å². The molecule has 0 spiro atoms. The predicted octanol–water partition coefficient (Wildman–Crippen LogP) is 4.46. The van der Waals surface area contributed by atoms with Crippen LogP contribution in [0, 0.1) is 0 Å². The molecule has 1 atom stereocenters. The largest absolute Gasteiger partial charge is 0.383 e. The second-order valence-electron chi connectivity index (χ2n) is 6.95. The summed E-state index contributed by atoms with van der Waals surface area (Å²) in [5.74, 6) is 0.585. The van der Waals surface area contributed by atoms with Gasteiger partial charge < -0.3 is 10.1 Å². The fraction of sp³-hybridized carbons (Fsp3) is 0.167. The van der Waals surface area contributed by atoms with Gasteiger partial charge in [0.25, 0.3) is 0 Å². The first-order chi connectivity index (χ1) is 15.8. The summed E-state index contributed by atoms with van der Waals surface area (Å²) in [5.41, 5.74) is 2.54. The van der Waals surface area contributed by atoms with Crippen molar-refractivity contribution in [1.82, 2.24) is 19.7 Å². The van der Waals surface area contributed by atoms with E-state index in [4.69, 9.17) is 4.74 Å². The Morgan fingerprint density at radius 3 is 2.38 bits per heavy atom. The van der Waals surface area contributed by atoms with Gasteiger partial charge in [0.05, 0.1) is 13.2 Å². The number of ether oxygens (including phenoxy) is 1. The summed E-state index contributed by atoms with van der Waals surface area (Å²) < 4.78 is 7.28. The van der Waals surface area contributed by atoms with Crippen LogP contribution in [0.15, 0.2) is 90.3 Å². The normalized spacial score (nSPS) is 11.8. The number of pyridine rings is 1. The summed E-state index contributed by atoms with van der Waals surface area (Å²) in [6, 6.07) is 22.9. The van der Waals surface area contributed by atoms with Crippen LogP contribution in [0.3, 0.4) is 0 Å². The molecule has 8 heteroatoms. The van der Waals surface area contributed by atoms with Gasteiger partial charge in [0.1, 0.15) is 5.25 Å². The van der Waals surface area contributed by atoms with Crippen molar-refractivity contribution in [3.63, 3.8) is 0 Å². The third-order valence-electron chi connectivity index (χ3n) is 4.78. The number of anilines is 1. The quantitative estimate of drug-likeness (QED) is 0.383. The number of hydrogen-bond acceptors (Lipinski definition) is 6. The third-order valence-corrected chi connectivity index (χ3v) is 6.01.